The van der Waals surface area contributed by atoms with Crippen LogP contribution in [0.25, 0.3) is 11.3 Å². The van der Waals surface area contributed by atoms with Gasteiger partial charge >= 0.3 is 0 Å². The second-order valence-corrected chi connectivity index (χ2v) is 9.55. The molecule has 1 fully saturated rings. The third-order valence-corrected chi connectivity index (χ3v) is 6.22. The summed E-state index contributed by atoms with van der Waals surface area (Å²) >= 11 is 0. The summed E-state index contributed by atoms with van der Waals surface area (Å²) in [6, 6.07) is 17.9. The lowest BCUT2D eigenvalue weighted by molar-refractivity contribution is 0.0162. The quantitative estimate of drug-likeness (QED) is 0.558. The fourth-order valence-corrected chi connectivity index (χ4v) is 4.11. The van der Waals surface area contributed by atoms with Gasteiger partial charge in [-0.2, -0.15) is 0 Å². The number of rotatable bonds is 7. The Morgan fingerprint density at radius 2 is 1.76 bits per heavy atom. The number of aromatic nitrogens is 1. The van der Waals surface area contributed by atoms with Crippen LogP contribution >= 0.6 is 0 Å². The van der Waals surface area contributed by atoms with Crippen LogP contribution in [-0.2, 0) is 10.2 Å². The van der Waals surface area contributed by atoms with Crippen molar-refractivity contribution in [2.75, 3.05) is 40.0 Å². The molecule has 3 aromatic rings. The normalized spacial score (nSPS) is 15.6. The van der Waals surface area contributed by atoms with Gasteiger partial charge in [0.25, 0.3) is 5.91 Å². The SMILES string of the molecule is COc1ccc(-c2cc(C(=O)NC[C@H](c3ccc(C(C)(C)C)cc3)N3CCOCC3)no2)cc1. The summed E-state index contributed by atoms with van der Waals surface area (Å²) in [6.45, 7) is 10.1. The fraction of sp³-hybridized carbons (Fsp3) is 0.407. The number of benzene rings is 2. The summed E-state index contributed by atoms with van der Waals surface area (Å²) in [5, 5.41) is 7.04. The molecular formula is C27H33N3O4. The maximum Gasteiger partial charge on any atom is 0.273 e. The van der Waals surface area contributed by atoms with Gasteiger partial charge in [-0.1, -0.05) is 50.2 Å². The minimum atomic E-state index is -0.256. The highest BCUT2D eigenvalue weighted by Gasteiger charge is 2.25. The van der Waals surface area contributed by atoms with E-state index in [-0.39, 0.29) is 23.1 Å². The highest BCUT2D eigenvalue weighted by atomic mass is 16.5. The Bertz CT molecular complexity index is 1080. The monoisotopic (exact) mass is 463 g/mol. The van der Waals surface area contributed by atoms with E-state index in [9.17, 15) is 4.79 Å². The summed E-state index contributed by atoms with van der Waals surface area (Å²) in [5.74, 6) is 1.04. The van der Waals surface area contributed by atoms with E-state index >= 15 is 0 Å². The topological polar surface area (TPSA) is 76.8 Å². The molecule has 1 aliphatic rings. The van der Waals surface area contributed by atoms with Gasteiger partial charge in [-0.25, -0.2) is 0 Å². The smallest absolute Gasteiger partial charge is 0.273 e. The van der Waals surface area contributed by atoms with Crippen LogP contribution in [0.3, 0.4) is 0 Å². The van der Waals surface area contributed by atoms with Gasteiger partial charge in [-0.05, 0) is 40.8 Å². The highest BCUT2D eigenvalue weighted by molar-refractivity contribution is 5.93. The Morgan fingerprint density at radius 1 is 1.09 bits per heavy atom. The third kappa shape index (κ3) is 5.66. The number of carbonyl (C=O) groups is 1. The van der Waals surface area contributed by atoms with Crippen molar-refractivity contribution in [2.45, 2.75) is 32.2 Å². The van der Waals surface area contributed by atoms with Crippen LogP contribution < -0.4 is 10.1 Å². The molecule has 7 heteroatoms. The van der Waals surface area contributed by atoms with Crippen molar-refractivity contribution in [3.8, 4) is 17.1 Å². The molecule has 0 aliphatic carbocycles. The first kappa shape index (κ1) is 24.0. The van der Waals surface area contributed by atoms with Gasteiger partial charge < -0.3 is 19.3 Å². The molecular weight excluding hydrogens is 430 g/mol. The Hall–Kier alpha value is -3.16. The minimum Gasteiger partial charge on any atom is -0.497 e. The number of hydrogen-bond donors (Lipinski definition) is 1. The van der Waals surface area contributed by atoms with Gasteiger partial charge in [-0.3, -0.25) is 9.69 Å². The third-order valence-electron chi connectivity index (χ3n) is 6.22. The van der Waals surface area contributed by atoms with Gasteiger partial charge in [0.05, 0.1) is 26.4 Å². The van der Waals surface area contributed by atoms with E-state index in [4.69, 9.17) is 14.0 Å². The zero-order valence-corrected chi connectivity index (χ0v) is 20.3. The molecule has 0 unspecified atom stereocenters. The number of ether oxygens (including phenoxy) is 2. The molecule has 1 saturated heterocycles. The van der Waals surface area contributed by atoms with Crippen LogP contribution in [0.2, 0.25) is 0 Å². The molecule has 1 amide bonds. The molecule has 1 aromatic heterocycles. The molecule has 0 bridgehead atoms. The second-order valence-electron chi connectivity index (χ2n) is 9.55. The van der Waals surface area contributed by atoms with Crippen LogP contribution in [0, 0.1) is 0 Å². The molecule has 1 aliphatic heterocycles. The Labute approximate surface area is 201 Å². The molecule has 0 spiro atoms. The number of carbonyl (C=O) groups excluding carboxylic acids is 1. The zero-order chi connectivity index (χ0) is 24.1. The van der Waals surface area contributed by atoms with Gasteiger partial charge in [0.15, 0.2) is 11.5 Å². The van der Waals surface area contributed by atoms with Crippen LogP contribution in [0.1, 0.15) is 48.4 Å². The second kappa shape index (κ2) is 10.4. The van der Waals surface area contributed by atoms with Crippen molar-refractivity contribution >= 4 is 5.91 Å². The van der Waals surface area contributed by atoms with Crippen molar-refractivity contribution < 1.29 is 18.8 Å². The van der Waals surface area contributed by atoms with Crippen molar-refractivity contribution in [1.29, 1.82) is 0 Å². The average Bonchev–Trinajstić information content (AvgIpc) is 3.35. The minimum absolute atomic E-state index is 0.0508. The summed E-state index contributed by atoms with van der Waals surface area (Å²) in [5.41, 5.74) is 3.64. The largest absolute Gasteiger partial charge is 0.497 e. The van der Waals surface area contributed by atoms with Crippen molar-refractivity contribution in [1.82, 2.24) is 15.4 Å². The number of nitrogens with one attached hydrogen (secondary N) is 1. The molecule has 2 heterocycles. The molecule has 1 atom stereocenters. The lowest BCUT2D eigenvalue weighted by Crippen LogP contribution is -2.43. The highest BCUT2D eigenvalue weighted by Crippen LogP contribution is 2.27. The number of methoxy groups -OCH3 is 1. The fourth-order valence-electron chi connectivity index (χ4n) is 4.11. The van der Waals surface area contributed by atoms with Gasteiger partial charge in [0, 0.05) is 31.3 Å². The molecule has 1 N–H and O–H groups in total. The summed E-state index contributed by atoms with van der Waals surface area (Å²) in [6.07, 6.45) is 0. The maximum absolute atomic E-state index is 12.9. The summed E-state index contributed by atoms with van der Waals surface area (Å²) in [4.78, 5) is 15.3. The van der Waals surface area contributed by atoms with Crippen molar-refractivity contribution in [2.24, 2.45) is 0 Å². The van der Waals surface area contributed by atoms with Gasteiger partial charge in [0.1, 0.15) is 5.75 Å². The number of hydrogen-bond acceptors (Lipinski definition) is 6. The summed E-state index contributed by atoms with van der Waals surface area (Å²) in [7, 11) is 1.62. The van der Waals surface area contributed by atoms with Crippen molar-refractivity contribution in [3.63, 3.8) is 0 Å². The molecule has 180 valence electrons. The van der Waals surface area contributed by atoms with E-state index in [2.05, 4.69) is 60.4 Å². The standard InChI is InChI=1S/C27H33N3O4/c1-27(2,3)21-9-5-19(6-10-21)24(30-13-15-33-16-14-30)18-28-26(31)23-17-25(34-29-23)20-7-11-22(32-4)12-8-20/h5-12,17,24H,13-16,18H2,1-4H3,(H,28,31)/t24-/m1/s1. The van der Waals surface area contributed by atoms with E-state index in [1.54, 1.807) is 13.2 Å². The number of nitrogens with zero attached hydrogens (tertiary/aromatic N) is 2. The molecule has 4 rings (SSSR count). The van der Waals surface area contributed by atoms with Crippen molar-refractivity contribution in [3.05, 3.63) is 71.4 Å². The predicted octanol–water partition coefficient (Wildman–Crippen LogP) is 4.45. The maximum atomic E-state index is 12.9. The molecule has 7 nitrogen and oxygen atoms in total. The first-order valence-electron chi connectivity index (χ1n) is 11.7. The number of morpholine rings is 1. The van der Waals surface area contributed by atoms with E-state index in [1.807, 2.05) is 24.3 Å². The summed E-state index contributed by atoms with van der Waals surface area (Å²) < 4.78 is 16.2. The van der Waals surface area contributed by atoms with E-state index < -0.39 is 0 Å². The van der Waals surface area contributed by atoms with Crippen LogP contribution in [0.4, 0.5) is 0 Å². The Kier molecular flexibility index (Phi) is 7.34. The van der Waals surface area contributed by atoms with E-state index in [1.165, 1.54) is 11.1 Å². The zero-order valence-electron chi connectivity index (χ0n) is 20.3. The molecule has 2 aromatic carbocycles. The predicted molar refractivity (Wildman–Crippen MR) is 131 cm³/mol. The Balaban J connectivity index is 1.46. The number of amides is 1. The first-order chi connectivity index (χ1) is 16.3. The van der Waals surface area contributed by atoms with Crippen LogP contribution in [0.15, 0.2) is 59.1 Å². The van der Waals surface area contributed by atoms with E-state index in [0.717, 1.165) is 24.4 Å². The van der Waals surface area contributed by atoms with E-state index in [0.29, 0.717) is 25.5 Å². The lowest BCUT2D eigenvalue weighted by atomic mass is 9.86. The molecule has 0 saturated carbocycles. The van der Waals surface area contributed by atoms with Crippen LogP contribution in [0.5, 0.6) is 5.75 Å². The van der Waals surface area contributed by atoms with Gasteiger partial charge in [0.2, 0.25) is 0 Å². The van der Waals surface area contributed by atoms with Gasteiger partial charge in [-0.15, -0.1) is 0 Å². The van der Waals surface area contributed by atoms with Crippen LogP contribution in [-0.4, -0.2) is 55.9 Å². The lowest BCUT2D eigenvalue weighted by Gasteiger charge is -2.35. The average molecular weight is 464 g/mol. The first-order valence-corrected chi connectivity index (χ1v) is 11.7. The molecule has 34 heavy (non-hydrogen) atoms. The Morgan fingerprint density at radius 3 is 2.38 bits per heavy atom. The molecule has 0 radical (unpaired) electrons.